The lowest BCUT2D eigenvalue weighted by atomic mass is 10.2. The van der Waals surface area contributed by atoms with Crippen LogP contribution in [0.25, 0.3) is 0 Å². The molecule has 0 fully saturated rings. The molecular formula is C19H22N2O5S. The van der Waals surface area contributed by atoms with Crippen molar-refractivity contribution in [3.05, 3.63) is 48.0 Å². The van der Waals surface area contributed by atoms with Crippen LogP contribution < -0.4 is 19.5 Å². The molecule has 144 valence electrons. The fraction of sp³-hybridized carbons (Fsp3) is 0.316. The number of anilines is 1. The number of amides is 1. The Labute approximate surface area is 158 Å². The average Bonchev–Trinajstić information content (AvgIpc) is 3.13. The molecule has 1 amide bonds. The van der Waals surface area contributed by atoms with Crippen LogP contribution >= 0.6 is 0 Å². The van der Waals surface area contributed by atoms with Crippen molar-refractivity contribution in [3.63, 3.8) is 0 Å². The summed E-state index contributed by atoms with van der Waals surface area (Å²) in [4.78, 5) is 12.5. The Morgan fingerprint density at radius 3 is 2.52 bits per heavy atom. The fourth-order valence-electron chi connectivity index (χ4n) is 2.63. The third-order valence-electron chi connectivity index (χ3n) is 4.13. The molecule has 8 heteroatoms. The number of hydrogen-bond acceptors (Lipinski definition) is 5. The van der Waals surface area contributed by atoms with E-state index in [1.807, 2.05) is 0 Å². The number of carbonyl (C=O) groups excluding carboxylic acids is 1. The van der Waals surface area contributed by atoms with Crippen LogP contribution in [0.4, 0.5) is 5.69 Å². The van der Waals surface area contributed by atoms with Gasteiger partial charge in [0.25, 0.3) is 5.91 Å². The molecule has 1 heterocycles. The number of benzene rings is 2. The maximum absolute atomic E-state index is 12.4. The number of rotatable bonds is 8. The van der Waals surface area contributed by atoms with E-state index < -0.39 is 10.0 Å². The summed E-state index contributed by atoms with van der Waals surface area (Å²) in [6, 6.07) is 10.9. The van der Waals surface area contributed by atoms with Crippen molar-refractivity contribution in [2.24, 2.45) is 0 Å². The third kappa shape index (κ3) is 4.78. The first kappa shape index (κ1) is 19.2. The van der Waals surface area contributed by atoms with Gasteiger partial charge in [-0.3, -0.25) is 4.79 Å². The van der Waals surface area contributed by atoms with Crippen molar-refractivity contribution < 1.29 is 22.7 Å². The first-order chi connectivity index (χ1) is 13.0. The molecule has 27 heavy (non-hydrogen) atoms. The molecule has 2 aromatic carbocycles. The molecule has 2 N–H and O–H groups in total. The lowest BCUT2D eigenvalue weighted by molar-refractivity contribution is 0.102. The van der Waals surface area contributed by atoms with E-state index in [9.17, 15) is 13.2 Å². The predicted molar refractivity (Wildman–Crippen MR) is 102 cm³/mol. The van der Waals surface area contributed by atoms with Gasteiger partial charge in [-0.1, -0.05) is 19.8 Å². The molecule has 0 saturated heterocycles. The normalized spacial score (nSPS) is 12.8. The molecule has 0 saturated carbocycles. The Morgan fingerprint density at radius 1 is 1.04 bits per heavy atom. The Hall–Kier alpha value is -2.58. The number of nitrogens with one attached hydrogen (secondary N) is 2. The zero-order valence-electron chi connectivity index (χ0n) is 15.0. The zero-order valence-corrected chi connectivity index (χ0v) is 15.8. The summed E-state index contributed by atoms with van der Waals surface area (Å²) < 4.78 is 37.6. The van der Waals surface area contributed by atoms with Crippen LogP contribution in [-0.2, 0) is 10.0 Å². The van der Waals surface area contributed by atoms with Gasteiger partial charge in [0.1, 0.15) is 0 Å². The van der Waals surface area contributed by atoms with Crippen molar-refractivity contribution in [1.29, 1.82) is 0 Å². The molecule has 0 spiro atoms. The first-order valence-electron chi connectivity index (χ1n) is 8.80. The molecular weight excluding hydrogens is 368 g/mol. The van der Waals surface area contributed by atoms with E-state index in [4.69, 9.17) is 9.47 Å². The van der Waals surface area contributed by atoms with Crippen LogP contribution in [0.5, 0.6) is 11.5 Å². The second-order valence-electron chi connectivity index (χ2n) is 6.15. The topological polar surface area (TPSA) is 93.7 Å². The monoisotopic (exact) mass is 390 g/mol. The van der Waals surface area contributed by atoms with Crippen molar-refractivity contribution in [3.8, 4) is 11.5 Å². The van der Waals surface area contributed by atoms with E-state index in [-0.39, 0.29) is 17.6 Å². The summed E-state index contributed by atoms with van der Waals surface area (Å²) in [5, 5.41) is 2.75. The summed E-state index contributed by atoms with van der Waals surface area (Å²) in [6.07, 6.45) is 2.79. The number of fused-ring (bicyclic) bond motifs is 1. The van der Waals surface area contributed by atoms with E-state index in [0.717, 1.165) is 19.3 Å². The number of ether oxygens (including phenoxy) is 2. The van der Waals surface area contributed by atoms with E-state index in [2.05, 4.69) is 17.0 Å². The average molecular weight is 390 g/mol. The highest BCUT2D eigenvalue weighted by Gasteiger charge is 2.16. The van der Waals surface area contributed by atoms with Gasteiger partial charge < -0.3 is 14.8 Å². The van der Waals surface area contributed by atoms with Gasteiger partial charge in [-0.05, 0) is 42.8 Å². The number of carbonyl (C=O) groups is 1. The third-order valence-corrected chi connectivity index (χ3v) is 5.61. The van der Waals surface area contributed by atoms with Crippen molar-refractivity contribution in [2.45, 2.75) is 31.1 Å². The minimum Gasteiger partial charge on any atom is -0.454 e. The molecule has 0 aromatic heterocycles. The largest absolute Gasteiger partial charge is 0.454 e. The number of sulfonamides is 1. The van der Waals surface area contributed by atoms with Crippen LogP contribution in [0.1, 0.15) is 36.5 Å². The van der Waals surface area contributed by atoms with E-state index in [0.29, 0.717) is 29.3 Å². The summed E-state index contributed by atoms with van der Waals surface area (Å²) in [7, 11) is -3.56. The summed E-state index contributed by atoms with van der Waals surface area (Å²) in [6.45, 7) is 2.62. The predicted octanol–water partition coefficient (Wildman–Crippen LogP) is 3.14. The van der Waals surface area contributed by atoms with E-state index in [1.54, 1.807) is 18.2 Å². The lowest BCUT2D eigenvalue weighted by Gasteiger charge is -2.09. The highest BCUT2D eigenvalue weighted by molar-refractivity contribution is 7.89. The van der Waals surface area contributed by atoms with Crippen LogP contribution in [0.2, 0.25) is 0 Å². The molecule has 0 unspecified atom stereocenters. The molecule has 1 aliphatic heterocycles. The molecule has 3 rings (SSSR count). The quantitative estimate of drug-likeness (QED) is 0.676. The van der Waals surface area contributed by atoms with Crippen LogP contribution in [0.3, 0.4) is 0 Å². The van der Waals surface area contributed by atoms with Gasteiger partial charge in [-0.2, -0.15) is 0 Å². The first-order valence-corrected chi connectivity index (χ1v) is 10.3. The number of unbranched alkanes of at least 4 members (excludes halogenated alkanes) is 2. The van der Waals surface area contributed by atoms with Gasteiger partial charge in [0.05, 0.1) is 4.90 Å². The van der Waals surface area contributed by atoms with Gasteiger partial charge in [-0.15, -0.1) is 0 Å². The van der Waals surface area contributed by atoms with Crippen molar-refractivity contribution >= 4 is 21.6 Å². The molecule has 0 atom stereocenters. The maximum atomic E-state index is 12.4. The molecule has 0 bridgehead atoms. The van der Waals surface area contributed by atoms with Crippen molar-refractivity contribution in [2.75, 3.05) is 18.7 Å². The maximum Gasteiger partial charge on any atom is 0.255 e. The smallest absolute Gasteiger partial charge is 0.255 e. The van der Waals surface area contributed by atoms with E-state index in [1.165, 1.54) is 24.3 Å². The molecule has 1 aliphatic rings. The minimum atomic E-state index is -3.56. The van der Waals surface area contributed by atoms with Crippen molar-refractivity contribution in [1.82, 2.24) is 4.72 Å². The second-order valence-corrected chi connectivity index (χ2v) is 7.92. The van der Waals surface area contributed by atoms with Gasteiger partial charge in [0.2, 0.25) is 16.8 Å². The Bertz CT molecular complexity index is 910. The number of hydrogen-bond donors (Lipinski definition) is 2. The second kappa shape index (κ2) is 8.41. The zero-order chi connectivity index (χ0) is 19.3. The standard InChI is InChI=1S/C19H22N2O5S/c1-2-3-4-11-20-27(23,24)16-8-5-14(6-9-16)19(22)21-15-7-10-17-18(12-15)26-13-25-17/h5-10,12,20H,2-4,11,13H2,1H3,(H,21,22). The lowest BCUT2D eigenvalue weighted by Crippen LogP contribution is -2.24. The summed E-state index contributed by atoms with van der Waals surface area (Å²) >= 11 is 0. The Morgan fingerprint density at radius 2 is 1.78 bits per heavy atom. The molecule has 0 aliphatic carbocycles. The van der Waals surface area contributed by atoms with Gasteiger partial charge in [0, 0.05) is 23.9 Å². The van der Waals surface area contributed by atoms with Gasteiger partial charge >= 0.3 is 0 Å². The van der Waals surface area contributed by atoms with Gasteiger partial charge in [0.15, 0.2) is 11.5 Å². The van der Waals surface area contributed by atoms with Gasteiger partial charge in [-0.25, -0.2) is 13.1 Å². The molecule has 0 radical (unpaired) electrons. The van der Waals surface area contributed by atoms with E-state index >= 15 is 0 Å². The summed E-state index contributed by atoms with van der Waals surface area (Å²) in [5.41, 5.74) is 0.927. The summed E-state index contributed by atoms with van der Waals surface area (Å²) in [5.74, 6) is 0.867. The SMILES string of the molecule is CCCCCNS(=O)(=O)c1ccc(C(=O)Nc2ccc3c(c2)OCO3)cc1. The molecule has 7 nitrogen and oxygen atoms in total. The van der Waals surface area contributed by atoms with Crippen LogP contribution in [0.15, 0.2) is 47.4 Å². The molecule has 2 aromatic rings. The Kier molecular flexibility index (Phi) is 5.98. The fourth-order valence-corrected chi connectivity index (χ4v) is 3.70. The highest BCUT2D eigenvalue weighted by Crippen LogP contribution is 2.34. The minimum absolute atomic E-state index is 0.138. The Balaban J connectivity index is 1.63. The van der Waals surface area contributed by atoms with Crippen LogP contribution in [-0.4, -0.2) is 27.7 Å². The van der Waals surface area contributed by atoms with Crippen LogP contribution in [0, 0.1) is 0 Å². The highest BCUT2D eigenvalue weighted by atomic mass is 32.2.